The van der Waals surface area contributed by atoms with Crippen molar-refractivity contribution in [2.24, 2.45) is 0 Å². The molecule has 0 atom stereocenters. The molecule has 0 unspecified atom stereocenters. The van der Waals surface area contributed by atoms with Crippen molar-refractivity contribution in [1.82, 2.24) is 0 Å². The molecule has 0 amide bonds. The molecule has 0 heterocycles. The van der Waals surface area contributed by atoms with Gasteiger partial charge in [0.25, 0.3) is 0 Å². The van der Waals surface area contributed by atoms with Gasteiger partial charge in [0.05, 0.1) is 0 Å². The van der Waals surface area contributed by atoms with E-state index in [-0.39, 0.29) is 0 Å². The second-order valence-electron chi connectivity index (χ2n) is 20.8. The Morgan fingerprint density at radius 2 is 0.464 bits per heavy atom. The molecule has 0 spiro atoms. The van der Waals surface area contributed by atoms with E-state index < -0.39 is 0 Å². The zero-order valence-electron chi connectivity index (χ0n) is 47.5. The highest BCUT2D eigenvalue weighted by atomic mass is 14.2. The fourth-order valence-corrected chi connectivity index (χ4v) is 11.2. The highest BCUT2D eigenvalue weighted by Crippen LogP contribution is 2.36. The summed E-state index contributed by atoms with van der Waals surface area (Å²) in [6.45, 7) is 0. The van der Waals surface area contributed by atoms with Crippen LogP contribution in [0.3, 0.4) is 0 Å². The van der Waals surface area contributed by atoms with E-state index in [4.69, 9.17) is 0 Å². The Kier molecular flexibility index (Phi) is 19.1. The Bertz CT molecular complexity index is 4080. The summed E-state index contributed by atoms with van der Waals surface area (Å²) in [7, 11) is 0. The molecule has 0 saturated carbocycles. The number of rotatable bonds is 0. The van der Waals surface area contributed by atoms with E-state index in [1.807, 2.05) is 36.4 Å². The lowest BCUT2D eigenvalue weighted by molar-refractivity contribution is 1.26. The normalized spacial score (nSPS) is 11.9. The van der Waals surface area contributed by atoms with Gasteiger partial charge >= 0.3 is 0 Å². The van der Waals surface area contributed by atoms with Gasteiger partial charge in [0.1, 0.15) is 0 Å². The van der Waals surface area contributed by atoms with E-state index in [0.717, 1.165) is 25.7 Å². The first kappa shape index (κ1) is 55.5. The van der Waals surface area contributed by atoms with Crippen molar-refractivity contribution in [2.45, 2.75) is 25.7 Å². The Hall–Kier alpha value is -10.4. The molecule has 0 radical (unpaired) electrons. The van der Waals surface area contributed by atoms with Gasteiger partial charge in [-0.05, 0) is 135 Å². The lowest BCUT2D eigenvalue weighted by atomic mass is 9.95. The summed E-state index contributed by atoms with van der Waals surface area (Å²) in [5.41, 5.74) is 11.4. The average Bonchev–Trinajstić information content (AvgIpc) is 2.62. The summed E-state index contributed by atoms with van der Waals surface area (Å²) in [6.07, 6.45) is 21.6. The number of hydrogen-bond donors (Lipinski definition) is 0. The number of fused-ring (bicyclic) bond motifs is 15. The molecule has 0 bridgehead atoms. The smallest absolute Gasteiger partial charge is 0.00135 e. The molecule has 0 heteroatoms. The highest BCUT2D eigenvalue weighted by molar-refractivity contribution is 6.25. The lowest BCUT2D eigenvalue weighted by Crippen LogP contribution is -1.81. The van der Waals surface area contributed by atoms with Crippen LogP contribution in [-0.4, -0.2) is 0 Å². The summed E-state index contributed by atoms with van der Waals surface area (Å²) in [5, 5.41) is 16.0. The third kappa shape index (κ3) is 14.2. The van der Waals surface area contributed by atoms with Crippen molar-refractivity contribution in [3.63, 3.8) is 0 Å². The van der Waals surface area contributed by atoms with Crippen LogP contribution in [-0.2, 0) is 19.3 Å². The van der Waals surface area contributed by atoms with E-state index in [0.29, 0.717) is 0 Å². The maximum absolute atomic E-state index is 2.22. The molecule has 4 aliphatic rings. The third-order valence-electron chi connectivity index (χ3n) is 15.4. The molecule has 0 aliphatic heterocycles. The van der Waals surface area contributed by atoms with Crippen LogP contribution in [0.5, 0.6) is 0 Å². The first-order valence-corrected chi connectivity index (χ1v) is 29.3. The molecule has 404 valence electrons. The molecule has 18 rings (SSSR count). The largest absolute Gasteiger partial charge is 0.0808 e. The van der Waals surface area contributed by atoms with Gasteiger partial charge in [0.2, 0.25) is 0 Å². The summed E-state index contributed by atoms with van der Waals surface area (Å²) in [4.78, 5) is 0. The van der Waals surface area contributed by atoms with Crippen molar-refractivity contribution in [1.29, 1.82) is 0 Å². The van der Waals surface area contributed by atoms with Gasteiger partial charge in [-0.3, -0.25) is 0 Å². The summed E-state index contributed by atoms with van der Waals surface area (Å²) >= 11 is 0. The third-order valence-corrected chi connectivity index (χ3v) is 15.4. The maximum atomic E-state index is 2.22. The van der Waals surface area contributed by atoms with Crippen LogP contribution in [0.4, 0.5) is 0 Å². The topological polar surface area (TPSA) is 0 Å². The molecule has 0 saturated heterocycles. The fourth-order valence-electron chi connectivity index (χ4n) is 11.2. The predicted octanol–water partition coefficient (Wildman–Crippen LogP) is 22.9. The number of hydrogen-bond acceptors (Lipinski definition) is 0. The molecule has 0 nitrogen and oxygen atoms in total. The van der Waals surface area contributed by atoms with Gasteiger partial charge in [-0.25, -0.2) is 0 Å². The van der Waals surface area contributed by atoms with Crippen molar-refractivity contribution < 1.29 is 0 Å². The van der Waals surface area contributed by atoms with E-state index in [2.05, 4.69) is 328 Å². The van der Waals surface area contributed by atoms with Crippen LogP contribution in [0.15, 0.2) is 352 Å². The highest BCUT2D eigenvalue weighted by Gasteiger charge is 2.16. The molecule has 0 N–H and O–H groups in total. The maximum Gasteiger partial charge on any atom is -0.00135 e. The van der Waals surface area contributed by atoms with Gasteiger partial charge in [0, 0.05) is 0 Å². The second kappa shape index (κ2) is 28.8. The van der Waals surface area contributed by atoms with Crippen molar-refractivity contribution in [3.05, 3.63) is 385 Å². The van der Waals surface area contributed by atoms with Gasteiger partial charge in [0.15, 0.2) is 0 Å². The molecular weight excluding hydrogens is 1010 g/mol. The molecule has 14 aromatic carbocycles. The Labute approximate surface area is 496 Å². The van der Waals surface area contributed by atoms with E-state index in [1.54, 1.807) is 0 Å². The SMILES string of the molecule is C1=CCC=C1.C1=Cc2ccccc2C1.C1=Cc2ccccc2C1.c1ccc2c(c1)Cc1ccccc1-2.c1ccc2c(c1)c1ccccc1c1ccccc21.c1ccc2c(c1)ccc1ccccc12.c1ccc2ccccc2c1.c1ccccc1. The fraction of sp³-hybridized carbons (Fsp3) is 0.0476. The van der Waals surface area contributed by atoms with E-state index in [1.165, 1.54) is 109 Å². The predicted molar refractivity (Wildman–Crippen MR) is 367 cm³/mol. The summed E-state index contributed by atoms with van der Waals surface area (Å²) in [5.74, 6) is 0. The van der Waals surface area contributed by atoms with Gasteiger partial charge in [-0.1, -0.05) is 364 Å². The van der Waals surface area contributed by atoms with Crippen LogP contribution in [0.25, 0.3) is 87.9 Å². The van der Waals surface area contributed by atoms with Crippen LogP contribution in [0.2, 0.25) is 0 Å². The first-order valence-electron chi connectivity index (χ1n) is 29.3. The Balaban J connectivity index is 0.000000103. The van der Waals surface area contributed by atoms with Crippen LogP contribution < -0.4 is 0 Å². The van der Waals surface area contributed by atoms with Crippen LogP contribution in [0, 0.1) is 0 Å². The molecule has 14 aromatic rings. The molecular formula is C84H68. The van der Waals surface area contributed by atoms with Gasteiger partial charge < -0.3 is 0 Å². The van der Waals surface area contributed by atoms with Crippen molar-refractivity contribution in [3.8, 4) is 11.1 Å². The zero-order valence-corrected chi connectivity index (χ0v) is 47.5. The van der Waals surface area contributed by atoms with E-state index >= 15 is 0 Å². The molecule has 0 fully saturated rings. The average molecular weight is 1080 g/mol. The van der Waals surface area contributed by atoms with Gasteiger partial charge in [-0.15, -0.1) is 0 Å². The second-order valence-corrected chi connectivity index (χ2v) is 20.8. The molecule has 0 aromatic heterocycles. The molecule has 84 heavy (non-hydrogen) atoms. The summed E-state index contributed by atoms with van der Waals surface area (Å²) in [6, 6.07) is 110. The monoisotopic (exact) mass is 1080 g/mol. The Morgan fingerprint density at radius 3 is 0.786 bits per heavy atom. The quantitative estimate of drug-likeness (QED) is 0.133. The van der Waals surface area contributed by atoms with E-state index in [9.17, 15) is 0 Å². The van der Waals surface area contributed by atoms with Crippen LogP contribution in [0.1, 0.15) is 39.8 Å². The molecule has 4 aliphatic carbocycles. The minimum Gasteiger partial charge on any atom is -0.0808 e. The zero-order chi connectivity index (χ0) is 56.8. The van der Waals surface area contributed by atoms with Crippen molar-refractivity contribution in [2.75, 3.05) is 0 Å². The minimum atomic E-state index is 1.10. The van der Waals surface area contributed by atoms with Gasteiger partial charge in [-0.2, -0.15) is 0 Å². The minimum absolute atomic E-state index is 1.10. The lowest BCUT2D eigenvalue weighted by Gasteiger charge is -2.09. The summed E-state index contributed by atoms with van der Waals surface area (Å²) < 4.78 is 0. The number of benzene rings is 14. The Morgan fingerprint density at radius 1 is 0.190 bits per heavy atom. The van der Waals surface area contributed by atoms with Crippen LogP contribution >= 0.6 is 0 Å². The first-order chi connectivity index (χ1) is 41.7. The number of allylic oxidation sites excluding steroid dienone is 6. The standard InChI is InChI=1S/C18H12.C14H10.C13H10.C10H8.2C9H8.C6H6.C5H6/c1-2-8-14-13(7-1)15-9-3-4-11-17(15)18-12-6-5-10-16(14)18;1-3-7-13-11(5-1)9-10-12-6-2-4-8-14(12)13;1-3-7-12-10(5-1)9-11-6-2-4-8-13(11)12;1-2-6-10-8-4-3-7-9(10)5-1;2*1-2-5-9-7-3-6-8(9)4-1;1-2-4-6-5-3-1;1-2-4-5-3-1/h1-12H;1-10H;1-8H,9H2;1-8H;2*1-6H,7H2;1-6H;1-4H,5H2. The van der Waals surface area contributed by atoms with Crippen molar-refractivity contribution >= 4 is 76.8 Å².